The number of carbonyl (C=O) groups is 1. The smallest absolute Gasteiger partial charge is 0.353 e. The molecule has 0 atom stereocenters. The minimum atomic E-state index is -4.66. The number of alkyl halides is 6. The number of rotatable bonds is 5. The van der Waals surface area contributed by atoms with Crippen LogP contribution in [0.25, 0.3) is 0 Å². The third kappa shape index (κ3) is 5.01. The van der Waals surface area contributed by atoms with Crippen LogP contribution in [0, 0.1) is 11.3 Å². The molecule has 4 nitrogen and oxygen atoms in total. The summed E-state index contributed by atoms with van der Waals surface area (Å²) in [5.41, 5.74) is -3.37. The first kappa shape index (κ1) is 23.9. The minimum absolute atomic E-state index is 0.229. The Labute approximate surface area is 176 Å². The van der Waals surface area contributed by atoms with E-state index >= 15 is 0 Å². The Morgan fingerprint density at radius 1 is 1.03 bits per heavy atom. The van der Waals surface area contributed by atoms with Crippen molar-refractivity contribution in [2.75, 3.05) is 5.75 Å². The quantitative estimate of drug-likeness (QED) is 0.623. The summed E-state index contributed by atoms with van der Waals surface area (Å²) in [6.07, 6.45) is -8.04. The second-order valence-corrected chi connectivity index (χ2v) is 10.5. The van der Waals surface area contributed by atoms with E-state index in [-0.39, 0.29) is 24.5 Å². The van der Waals surface area contributed by atoms with E-state index in [0.29, 0.717) is 38.2 Å². The van der Waals surface area contributed by atoms with Crippen molar-refractivity contribution in [2.45, 2.75) is 68.2 Å². The van der Waals surface area contributed by atoms with E-state index in [9.17, 15) is 39.6 Å². The summed E-state index contributed by atoms with van der Waals surface area (Å²) in [4.78, 5) is 11.8. The molecule has 0 aromatic heterocycles. The van der Waals surface area contributed by atoms with Gasteiger partial charge in [-0.3, -0.25) is 4.79 Å². The highest BCUT2D eigenvalue weighted by molar-refractivity contribution is 7.91. The molecule has 1 N–H and O–H groups in total. The lowest BCUT2D eigenvalue weighted by Gasteiger charge is -2.42. The highest BCUT2D eigenvalue weighted by atomic mass is 32.2. The predicted octanol–water partition coefficient (Wildman–Crippen LogP) is 4.89. The molecule has 1 aromatic rings. The van der Waals surface area contributed by atoms with E-state index in [1.54, 1.807) is 0 Å². The second kappa shape index (κ2) is 8.29. The highest BCUT2D eigenvalue weighted by Crippen LogP contribution is 2.53. The first-order chi connectivity index (χ1) is 14.2. The highest BCUT2D eigenvalue weighted by Gasteiger charge is 2.63. The van der Waals surface area contributed by atoms with Gasteiger partial charge in [-0.15, -0.1) is 0 Å². The Hall–Kier alpha value is -1.78. The lowest BCUT2D eigenvalue weighted by Crippen LogP contribution is -2.57. The van der Waals surface area contributed by atoms with Gasteiger partial charge in [0.2, 0.25) is 5.91 Å². The zero-order valence-corrected chi connectivity index (χ0v) is 17.3. The van der Waals surface area contributed by atoms with E-state index in [1.807, 2.05) is 0 Å². The van der Waals surface area contributed by atoms with Crippen LogP contribution in [0.4, 0.5) is 26.3 Å². The van der Waals surface area contributed by atoms with Gasteiger partial charge >= 0.3 is 12.4 Å². The van der Waals surface area contributed by atoms with Crippen LogP contribution in [0.5, 0.6) is 0 Å². The van der Waals surface area contributed by atoms with E-state index in [0.717, 1.165) is 18.2 Å². The monoisotopic (exact) mass is 471 g/mol. The summed E-state index contributed by atoms with van der Waals surface area (Å²) in [5, 5.41) is 2.47. The molecule has 0 heterocycles. The molecule has 2 fully saturated rings. The van der Waals surface area contributed by atoms with Crippen molar-refractivity contribution in [2.24, 2.45) is 11.3 Å². The fourth-order valence-electron chi connectivity index (χ4n) is 4.24. The van der Waals surface area contributed by atoms with Crippen molar-refractivity contribution in [3.8, 4) is 0 Å². The van der Waals surface area contributed by atoms with E-state index in [2.05, 4.69) is 5.32 Å². The van der Waals surface area contributed by atoms with Gasteiger partial charge in [0.15, 0.2) is 9.84 Å². The molecule has 1 amide bonds. The van der Waals surface area contributed by atoms with Crippen molar-refractivity contribution in [3.63, 3.8) is 0 Å². The molecule has 1 aromatic carbocycles. The average Bonchev–Trinajstić information content (AvgIpc) is 2.60. The Morgan fingerprint density at radius 3 is 2.13 bits per heavy atom. The normalized spacial score (nSPS) is 24.3. The van der Waals surface area contributed by atoms with Crippen molar-refractivity contribution < 1.29 is 39.6 Å². The van der Waals surface area contributed by atoms with Gasteiger partial charge in [0.25, 0.3) is 0 Å². The first-order valence-corrected chi connectivity index (χ1v) is 11.7. The molecule has 0 spiro atoms. The average molecular weight is 471 g/mol. The summed E-state index contributed by atoms with van der Waals surface area (Å²) in [6, 6.07) is 3.09. The summed E-state index contributed by atoms with van der Waals surface area (Å²) < 4.78 is 104. The summed E-state index contributed by atoms with van der Waals surface area (Å²) in [5.74, 6) is -1.71. The first-order valence-electron chi connectivity index (χ1n) is 10.0. The third-order valence-electron chi connectivity index (χ3n) is 6.34. The molecule has 0 saturated heterocycles. The Balaban J connectivity index is 1.57. The van der Waals surface area contributed by atoms with Gasteiger partial charge in [0.05, 0.1) is 16.2 Å². The zero-order valence-electron chi connectivity index (χ0n) is 16.5. The van der Waals surface area contributed by atoms with Crippen LogP contribution in [0.3, 0.4) is 0 Å². The van der Waals surface area contributed by atoms with Gasteiger partial charge in [-0.05, 0) is 62.6 Å². The van der Waals surface area contributed by atoms with Crippen LogP contribution in [0.15, 0.2) is 29.2 Å². The van der Waals surface area contributed by atoms with Gasteiger partial charge in [-0.25, -0.2) is 8.42 Å². The topological polar surface area (TPSA) is 63.2 Å². The number of halogens is 6. The molecule has 2 aliphatic rings. The molecule has 11 heteroatoms. The number of benzene rings is 1. The van der Waals surface area contributed by atoms with Crippen LogP contribution in [0.1, 0.15) is 50.5 Å². The minimum Gasteiger partial charge on any atom is -0.353 e. The summed E-state index contributed by atoms with van der Waals surface area (Å²) in [7, 11) is -3.96. The molecular formula is C20H23F6NO3S. The van der Waals surface area contributed by atoms with Crippen molar-refractivity contribution >= 4 is 15.7 Å². The maximum Gasteiger partial charge on any atom is 0.416 e. The molecule has 0 radical (unpaired) electrons. The molecule has 2 aliphatic carbocycles. The third-order valence-corrected chi connectivity index (χ3v) is 8.22. The van der Waals surface area contributed by atoms with E-state index in [1.165, 1.54) is 0 Å². The fourth-order valence-corrected chi connectivity index (χ4v) is 5.98. The molecular weight excluding hydrogens is 448 g/mol. The van der Waals surface area contributed by atoms with Gasteiger partial charge in [-0.2, -0.15) is 26.3 Å². The van der Waals surface area contributed by atoms with E-state index in [4.69, 9.17) is 0 Å². The second-order valence-electron chi connectivity index (χ2n) is 8.43. The van der Waals surface area contributed by atoms with Crippen LogP contribution in [-0.4, -0.2) is 32.3 Å². The number of amides is 1. The van der Waals surface area contributed by atoms with Gasteiger partial charge in [0, 0.05) is 6.04 Å². The van der Waals surface area contributed by atoms with Crippen molar-refractivity contribution in [1.29, 1.82) is 0 Å². The van der Waals surface area contributed by atoms with Crippen LogP contribution < -0.4 is 5.32 Å². The molecule has 31 heavy (non-hydrogen) atoms. The molecule has 174 valence electrons. The van der Waals surface area contributed by atoms with Gasteiger partial charge in [-0.1, -0.05) is 12.5 Å². The van der Waals surface area contributed by atoms with Crippen LogP contribution in [-0.2, 0) is 20.8 Å². The molecule has 0 aliphatic heterocycles. The lowest BCUT2D eigenvalue weighted by molar-refractivity contribution is -0.243. The van der Waals surface area contributed by atoms with Crippen molar-refractivity contribution in [1.82, 2.24) is 5.32 Å². The maximum absolute atomic E-state index is 13.3. The lowest BCUT2D eigenvalue weighted by atomic mass is 9.67. The number of nitrogens with one attached hydrogen (secondary N) is 1. The standard InChI is InChI=1S/C20H23F6NO3S/c21-19(22,23)14-3-1-4-16(11-14)31(29,30)12-13-5-7-15(8-6-13)27-17(28)18(9-2-10-18)20(24,25)26/h1,3-4,11,13,15H,2,5-10,12H2,(H,27,28). The van der Waals surface area contributed by atoms with Gasteiger partial charge in [0.1, 0.15) is 5.41 Å². The number of hydrogen-bond donors (Lipinski definition) is 1. The van der Waals surface area contributed by atoms with E-state index < -0.39 is 50.0 Å². The van der Waals surface area contributed by atoms with Crippen LogP contribution in [0.2, 0.25) is 0 Å². The molecule has 3 rings (SSSR count). The number of sulfone groups is 1. The van der Waals surface area contributed by atoms with Crippen molar-refractivity contribution in [3.05, 3.63) is 29.8 Å². The Bertz CT molecular complexity index is 914. The summed E-state index contributed by atoms with van der Waals surface area (Å²) >= 11 is 0. The molecule has 0 bridgehead atoms. The maximum atomic E-state index is 13.3. The zero-order chi connectivity index (χ0) is 23.1. The predicted molar refractivity (Wildman–Crippen MR) is 99.7 cm³/mol. The molecule has 0 unspecified atom stereocenters. The van der Waals surface area contributed by atoms with Gasteiger partial charge < -0.3 is 5.32 Å². The number of hydrogen-bond acceptors (Lipinski definition) is 3. The summed E-state index contributed by atoms with van der Waals surface area (Å²) in [6.45, 7) is 0. The SMILES string of the molecule is O=C(NC1CCC(CS(=O)(=O)c2cccc(C(F)(F)F)c2)CC1)C1(C(F)(F)F)CCC1. The fraction of sp³-hybridized carbons (Fsp3) is 0.650. The largest absolute Gasteiger partial charge is 0.416 e. The number of carbonyl (C=O) groups excluding carboxylic acids is 1. The van der Waals surface area contributed by atoms with Crippen LogP contribution >= 0.6 is 0 Å². The Morgan fingerprint density at radius 2 is 1.65 bits per heavy atom. The molecule has 2 saturated carbocycles. The Kier molecular flexibility index (Phi) is 6.38.